The summed E-state index contributed by atoms with van der Waals surface area (Å²) in [5.41, 5.74) is 7.68. The minimum absolute atomic E-state index is 0.0779. The molecule has 1 N–H and O–H groups in total. The van der Waals surface area contributed by atoms with Crippen LogP contribution < -0.4 is 14.2 Å². The van der Waals surface area contributed by atoms with Gasteiger partial charge in [-0.2, -0.15) is 0 Å². The molecule has 2 atom stereocenters. The van der Waals surface area contributed by atoms with Crippen molar-refractivity contribution in [1.82, 2.24) is 0 Å². The number of fused-ring (bicyclic) bond motifs is 2. The SMILES string of the molecule is Cc1cc(OC2CCS(=O)(=O)CC2)cc(C)c1-c1cccc2c1OC[C@H]2Cc1ccc2c(c1)OC[C@H]2CC(=O)O. The van der Waals surface area contributed by atoms with Crippen LogP contribution in [0.3, 0.4) is 0 Å². The molecule has 0 radical (unpaired) electrons. The first-order valence-electron chi connectivity index (χ1n) is 13.9. The predicted octanol–water partition coefficient (Wildman–Crippen LogP) is 5.60. The highest BCUT2D eigenvalue weighted by molar-refractivity contribution is 7.91. The summed E-state index contributed by atoms with van der Waals surface area (Å²) < 4.78 is 41.9. The molecular weight excluding hydrogens is 528 g/mol. The summed E-state index contributed by atoms with van der Waals surface area (Å²) in [5.74, 6) is 2.16. The van der Waals surface area contributed by atoms with Crippen molar-refractivity contribution in [3.8, 4) is 28.4 Å². The van der Waals surface area contributed by atoms with Crippen LogP contribution in [0.2, 0.25) is 0 Å². The number of para-hydroxylation sites is 1. The van der Waals surface area contributed by atoms with Gasteiger partial charge in [-0.05, 0) is 73.6 Å². The van der Waals surface area contributed by atoms with E-state index in [-0.39, 0.29) is 35.9 Å². The zero-order valence-corrected chi connectivity index (χ0v) is 23.6. The Bertz CT molecular complexity index is 1540. The molecule has 7 nitrogen and oxygen atoms in total. The lowest BCUT2D eigenvalue weighted by Crippen LogP contribution is -2.30. The van der Waals surface area contributed by atoms with E-state index in [1.54, 1.807) is 0 Å². The van der Waals surface area contributed by atoms with Crippen molar-refractivity contribution in [3.05, 3.63) is 76.3 Å². The topological polar surface area (TPSA) is 99.1 Å². The van der Waals surface area contributed by atoms with Gasteiger partial charge in [-0.1, -0.05) is 30.3 Å². The molecule has 40 heavy (non-hydrogen) atoms. The Balaban J connectivity index is 1.21. The highest BCUT2D eigenvalue weighted by atomic mass is 32.2. The standard InChI is InChI=1S/C32H34O7S/c1-19-12-25(39-24-8-10-40(35,36)11-9-24)13-20(2)31(19)28-5-3-4-27-22(18-38-32(27)28)14-21-6-7-26-23(16-30(33)34)17-37-29(26)15-21/h3-7,12-13,15,22-24H,8-11,14,16-18H2,1-2H3,(H,33,34)/t22-,23-/m1/s1. The first-order valence-corrected chi connectivity index (χ1v) is 15.7. The van der Waals surface area contributed by atoms with Gasteiger partial charge in [0, 0.05) is 28.5 Å². The summed E-state index contributed by atoms with van der Waals surface area (Å²) in [4.78, 5) is 11.2. The van der Waals surface area contributed by atoms with Gasteiger partial charge in [-0.15, -0.1) is 0 Å². The van der Waals surface area contributed by atoms with Crippen molar-refractivity contribution in [2.45, 2.75) is 57.5 Å². The van der Waals surface area contributed by atoms with Crippen LogP contribution in [-0.2, 0) is 21.1 Å². The highest BCUT2D eigenvalue weighted by Crippen LogP contribution is 2.46. The number of sulfone groups is 1. The zero-order valence-electron chi connectivity index (χ0n) is 22.8. The number of rotatable bonds is 7. The maximum absolute atomic E-state index is 11.8. The number of carboxylic acid groups (broad SMARTS) is 1. The quantitative estimate of drug-likeness (QED) is 0.400. The average Bonchev–Trinajstić information content (AvgIpc) is 3.49. The normalized spacial score (nSPS) is 21.2. The van der Waals surface area contributed by atoms with E-state index in [1.165, 1.54) is 5.56 Å². The molecule has 1 saturated heterocycles. The van der Waals surface area contributed by atoms with Gasteiger partial charge in [0.05, 0.1) is 31.1 Å². The molecule has 0 saturated carbocycles. The fraction of sp³-hybridized carbons (Fsp3) is 0.406. The van der Waals surface area contributed by atoms with Gasteiger partial charge in [0.1, 0.15) is 23.4 Å². The number of aryl methyl sites for hydroxylation is 2. The second-order valence-electron chi connectivity index (χ2n) is 11.3. The Labute approximate surface area is 235 Å². The van der Waals surface area contributed by atoms with Gasteiger partial charge in [0.25, 0.3) is 0 Å². The lowest BCUT2D eigenvalue weighted by molar-refractivity contribution is -0.137. The number of carboxylic acids is 1. The summed E-state index contributed by atoms with van der Waals surface area (Å²) in [5, 5.41) is 9.18. The second kappa shape index (κ2) is 10.5. The van der Waals surface area contributed by atoms with Crippen LogP contribution in [0, 0.1) is 13.8 Å². The van der Waals surface area contributed by atoms with E-state index in [0.29, 0.717) is 26.1 Å². The van der Waals surface area contributed by atoms with Crippen molar-refractivity contribution >= 4 is 15.8 Å². The van der Waals surface area contributed by atoms with E-state index < -0.39 is 15.8 Å². The number of carbonyl (C=O) groups is 1. The molecule has 1 fully saturated rings. The van der Waals surface area contributed by atoms with Gasteiger partial charge in [-0.3, -0.25) is 4.79 Å². The average molecular weight is 563 g/mol. The molecule has 6 rings (SSSR count). The van der Waals surface area contributed by atoms with Crippen LogP contribution in [0.15, 0.2) is 48.5 Å². The molecule has 3 aromatic rings. The monoisotopic (exact) mass is 562 g/mol. The minimum Gasteiger partial charge on any atom is -0.493 e. The third-order valence-electron chi connectivity index (χ3n) is 8.36. The predicted molar refractivity (Wildman–Crippen MR) is 153 cm³/mol. The molecule has 0 aromatic heterocycles. The fourth-order valence-corrected chi connectivity index (χ4v) is 7.83. The van der Waals surface area contributed by atoms with E-state index in [0.717, 1.165) is 57.1 Å². The van der Waals surface area contributed by atoms with E-state index in [4.69, 9.17) is 14.2 Å². The van der Waals surface area contributed by atoms with Crippen molar-refractivity contribution in [1.29, 1.82) is 0 Å². The third-order valence-corrected chi connectivity index (χ3v) is 10.1. The van der Waals surface area contributed by atoms with Gasteiger partial charge in [0.15, 0.2) is 9.84 Å². The number of benzene rings is 3. The van der Waals surface area contributed by atoms with Crippen molar-refractivity contribution in [2.24, 2.45) is 0 Å². The summed E-state index contributed by atoms with van der Waals surface area (Å²) in [6.45, 7) is 5.16. The molecule has 8 heteroatoms. The van der Waals surface area contributed by atoms with Gasteiger partial charge >= 0.3 is 5.97 Å². The fourth-order valence-electron chi connectivity index (χ4n) is 6.38. The Morgan fingerprint density at radius 1 is 0.950 bits per heavy atom. The summed E-state index contributed by atoms with van der Waals surface area (Å²) in [7, 11) is -2.93. The van der Waals surface area contributed by atoms with Gasteiger partial charge < -0.3 is 19.3 Å². The van der Waals surface area contributed by atoms with Gasteiger partial charge in [0.2, 0.25) is 0 Å². The van der Waals surface area contributed by atoms with Crippen LogP contribution in [0.4, 0.5) is 0 Å². The summed E-state index contributed by atoms with van der Waals surface area (Å²) >= 11 is 0. The molecule has 3 heterocycles. The van der Waals surface area contributed by atoms with Crippen LogP contribution >= 0.6 is 0 Å². The maximum Gasteiger partial charge on any atom is 0.304 e. The lowest BCUT2D eigenvalue weighted by atomic mass is 9.88. The van der Waals surface area contributed by atoms with E-state index in [2.05, 4.69) is 38.1 Å². The van der Waals surface area contributed by atoms with Crippen molar-refractivity contribution < 1.29 is 32.5 Å². The Morgan fingerprint density at radius 2 is 1.68 bits per heavy atom. The largest absolute Gasteiger partial charge is 0.493 e. The number of hydrogen-bond acceptors (Lipinski definition) is 6. The molecule has 3 aliphatic heterocycles. The van der Waals surface area contributed by atoms with Gasteiger partial charge in [-0.25, -0.2) is 8.42 Å². The number of hydrogen-bond donors (Lipinski definition) is 1. The van der Waals surface area contributed by atoms with E-state index in [1.807, 2.05) is 24.3 Å². The minimum atomic E-state index is -2.93. The molecule has 210 valence electrons. The molecule has 0 bridgehead atoms. The maximum atomic E-state index is 11.8. The molecule has 0 aliphatic carbocycles. The Hall–Kier alpha value is -3.52. The van der Waals surface area contributed by atoms with Crippen molar-refractivity contribution in [3.63, 3.8) is 0 Å². The van der Waals surface area contributed by atoms with Crippen LogP contribution in [0.25, 0.3) is 11.1 Å². The van der Waals surface area contributed by atoms with Crippen LogP contribution in [0.1, 0.15) is 58.9 Å². The van der Waals surface area contributed by atoms with Crippen molar-refractivity contribution in [2.75, 3.05) is 24.7 Å². The summed E-state index contributed by atoms with van der Waals surface area (Å²) in [6.07, 6.45) is 1.87. The van der Waals surface area contributed by atoms with Crippen LogP contribution in [0.5, 0.6) is 17.2 Å². The Kier molecular flexibility index (Phi) is 6.98. The Morgan fingerprint density at radius 3 is 2.40 bits per heavy atom. The molecule has 3 aromatic carbocycles. The summed E-state index contributed by atoms with van der Waals surface area (Å²) in [6, 6.07) is 16.6. The van der Waals surface area contributed by atoms with E-state index >= 15 is 0 Å². The smallest absolute Gasteiger partial charge is 0.304 e. The van der Waals surface area contributed by atoms with Crippen LogP contribution in [-0.4, -0.2) is 50.3 Å². The first kappa shape index (κ1) is 26.7. The third kappa shape index (κ3) is 5.29. The lowest BCUT2D eigenvalue weighted by Gasteiger charge is -2.24. The van der Waals surface area contributed by atoms with E-state index in [9.17, 15) is 18.3 Å². The molecule has 0 unspecified atom stereocenters. The molecular formula is C32H34O7S. The molecule has 0 amide bonds. The zero-order chi connectivity index (χ0) is 28.0. The molecule has 3 aliphatic rings. The number of ether oxygens (including phenoxy) is 3. The highest BCUT2D eigenvalue weighted by Gasteiger charge is 2.31. The second-order valence-corrected chi connectivity index (χ2v) is 13.6. The molecule has 0 spiro atoms. The number of aliphatic carboxylic acids is 1. The first-order chi connectivity index (χ1) is 19.2.